The Bertz CT molecular complexity index is 1010. The minimum atomic E-state index is -1.18. The number of fused-ring (bicyclic) bond motifs is 3. The van der Waals surface area contributed by atoms with Crippen LogP contribution in [0.4, 0.5) is 0 Å². The third-order valence-corrected chi connectivity index (χ3v) is 13.0. The average Bonchev–Trinajstić information content (AvgIpc) is 3.02. The van der Waals surface area contributed by atoms with E-state index in [2.05, 4.69) is 80.7 Å². The molecule has 0 N–H and O–H groups in total. The van der Waals surface area contributed by atoms with Gasteiger partial charge in [-0.2, -0.15) is 0 Å². The molecule has 0 fully saturated rings. The molecule has 30 heavy (non-hydrogen) atoms. The molecule has 0 radical (unpaired) electrons. The monoisotopic (exact) mass is 529 g/mol. The molecule has 1 heterocycles. The zero-order chi connectivity index (χ0) is 19.5. The van der Waals surface area contributed by atoms with Gasteiger partial charge in [0.2, 0.25) is 0 Å². The van der Waals surface area contributed by atoms with E-state index in [1.807, 2.05) is 5.20 Å². The molecule has 2 aliphatic carbocycles. The van der Waals surface area contributed by atoms with Crippen LogP contribution in [0.15, 0.2) is 59.8 Å². The predicted octanol–water partition coefficient (Wildman–Crippen LogP) is 1.44. The van der Waals surface area contributed by atoms with Crippen molar-refractivity contribution in [1.29, 1.82) is 0 Å². The maximum absolute atomic E-state index is 2.56. The molecule has 0 bridgehead atoms. The second-order valence-electron chi connectivity index (χ2n) is 9.52. The summed E-state index contributed by atoms with van der Waals surface area (Å²) < 4.78 is 0.498. The summed E-state index contributed by atoms with van der Waals surface area (Å²) in [6.07, 6.45) is 10.1. The Balaban J connectivity index is 0.00000128. The predicted molar refractivity (Wildman–Crippen MR) is 119 cm³/mol. The van der Waals surface area contributed by atoms with Crippen molar-refractivity contribution >= 4 is 19.3 Å². The van der Waals surface area contributed by atoms with Gasteiger partial charge in [0.25, 0.3) is 0 Å². The summed E-state index contributed by atoms with van der Waals surface area (Å²) in [4.78, 5) is 0. The summed E-state index contributed by atoms with van der Waals surface area (Å²) in [7, 11) is -1.18. The van der Waals surface area contributed by atoms with Gasteiger partial charge >= 0.3 is 187 Å². The van der Waals surface area contributed by atoms with E-state index in [1.54, 1.807) is 46.6 Å². The third-order valence-electron chi connectivity index (χ3n) is 7.56. The quantitative estimate of drug-likeness (QED) is 0.495. The fourth-order valence-electron chi connectivity index (χ4n) is 5.84. The summed E-state index contributed by atoms with van der Waals surface area (Å²) in [5.74, 6) is 1.35. The van der Waals surface area contributed by atoms with Gasteiger partial charge in [-0.1, -0.05) is 0 Å². The second kappa shape index (κ2) is 8.86. The summed E-state index contributed by atoms with van der Waals surface area (Å²) in [6, 6.07) is 18.3. The number of benzene rings is 2. The van der Waals surface area contributed by atoms with Crippen LogP contribution in [0.1, 0.15) is 66.7 Å². The molecule has 0 saturated carbocycles. The molecule has 3 unspecified atom stereocenters. The fraction of sp³-hybridized carbons (Fsp3) is 0.385. The smallest absolute Gasteiger partial charge is 1.00 e. The topological polar surface area (TPSA) is 0 Å². The fourth-order valence-corrected chi connectivity index (χ4v) is 10.9. The Labute approximate surface area is 210 Å². The molecular weight excluding hydrogens is 503 g/mol. The Hall–Kier alpha value is -0.400. The Morgan fingerprint density at radius 1 is 0.967 bits per heavy atom. The van der Waals surface area contributed by atoms with Crippen LogP contribution in [0.25, 0.3) is 11.3 Å². The minimum Gasteiger partial charge on any atom is -1.00 e. The van der Waals surface area contributed by atoms with Gasteiger partial charge in [0.1, 0.15) is 0 Å². The normalized spacial score (nSPS) is 23.6. The molecule has 0 nitrogen and oxygen atoms in total. The van der Waals surface area contributed by atoms with Crippen molar-refractivity contribution < 1.29 is 49.5 Å². The first-order valence-electron chi connectivity index (χ1n) is 10.8. The van der Waals surface area contributed by atoms with Gasteiger partial charge in [0.15, 0.2) is 0 Å². The van der Waals surface area contributed by atoms with Gasteiger partial charge in [-0.15, -0.1) is 0 Å². The molecule has 3 aliphatic rings. The molecular formula is C26H29Cl2SiZr. The Kier molecular flexibility index (Phi) is 7.16. The summed E-state index contributed by atoms with van der Waals surface area (Å²) in [6.45, 7) is 7.54. The van der Waals surface area contributed by atoms with Crippen LogP contribution < -0.4 is 24.8 Å². The zero-order valence-electron chi connectivity index (χ0n) is 18.0. The van der Waals surface area contributed by atoms with Crippen LogP contribution in [-0.2, 0) is 24.7 Å². The molecule has 155 valence electrons. The van der Waals surface area contributed by atoms with Gasteiger partial charge in [0.05, 0.1) is 0 Å². The van der Waals surface area contributed by atoms with E-state index >= 15 is 0 Å². The maximum Gasteiger partial charge on any atom is -1.00 e. The van der Waals surface area contributed by atoms with Crippen LogP contribution in [0.5, 0.6) is 0 Å². The van der Waals surface area contributed by atoms with E-state index in [4.69, 9.17) is 0 Å². The molecule has 0 saturated heterocycles. The maximum atomic E-state index is 2.56. The number of hydrogen-bond acceptors (Lipinski definition) is 0. The molecule has 0 aromatic heterocycles. The zero-order valence-corrected chi connectivity index (χ0v) is 23.0. The standard InChI is InChI=1S/C26H29Si.2ClH.Zr/c1-4-18(17-20-15-14-19-9-5-6-10-21(19)20)13-16-24-22-11-7-8-12-23(22)25-26(24)27(25,2)3;;;/h5-12,14-15,20,24H,4,13,16-17H2,1-3H3;2*1H;/q;;;+2/p-2. The van der Waals surface area contributed by atoms with Crippen LogP contribution in [0.3, 0.4) is 0 Å². The van der Waals surface area contributed by atoms with E-state index < -0.39 is 8.07 Å². The number of rotatable bonds is 6. The third kappa shape index (κ3) is 3.92. The van der Waals surface area contributed by atoms with Crippen molar-refractivity contribution in [2.24, 2.45) is 0 Å². The van der Waals surface area contributed by atoms with Crippen molar-refractivity contribution in [2.75, 3.05) is 0 Å². The van der Waals surface area contributed by atoms with Crippen molar-refractivity contribution in [3.63, 3.8) is 0 Å². The van der Waals surface area contributed by atoms with Crippen molar-refractivity contribution in [3.05, 3.63) is 82.1 Å². The van der Waals surface area contributed by atoms with Gasteiger partial charge in [-0.3, -0.25) is 0 Å². The van der Waals surface area contributed by atoms with E-state index in [9.17, 15) is 0 Å². The van der Waals surface area contributed by atoms with Crippen molar-refractivity contribution in [3.8, 4) is 0 Å². The van der Waals surface area contributed by atoms with Gasteiger partial charge in [0, 0.05) is 0 Å². The molecule has 0 spiro atoms. The molecule has 0 amide bonds. The second-order valence-corrected chi connectivity index (χ2v) is 16.4. The SMILES string of the molecule is CC[C]([Zr+2])(CCC1C2=C(c3ccccc31)[Si]2(C)C)CC1C=Cc2ccccc21.[Cl-].[Cl-]. The molecule has 4 heteroatoms. The number of hydrogen-bond donors (Lipinski definition) is 0. The van der Waals surface area contributed by atoms with Crippen molar-refractivity contribution in [1.82, 2.24) is 0 Å². The largest absolute Gasteiger partial charge is 1.00 e. The number of halogens is 2. The van der Waals surface area contributed by atoms with Crippen LogP contribution in [0.2, 0.25) is 16.2 Å². The first-order valence-corrected chi connectivity index (χ1v) is 15.0. The molecule has 1 aliphatic heterocycles. The summed E-state index contributed by atoms with van der Waals surface area (Å²) in [5, 5.41) is 3.68. The summed E-state index contributed by atoms with van der Waals surface area (Å²) in [5.41, 5.74) is 6.24. The van der Waals surface area contributed by atoms with Gasteiger partial charge in [-0.05, 0) is 0 Å². The van der Waals surface area contributed by atoms with E-state index in [0.717, 1.165) is 5.92 Å². The van der Waals surface area contributed by atoms with Crippen LogP contribution in [-0.4, -0.2) is 8.07 Å². The molecule has 2 aromatic rings. The average molecular weight is 532 g/mol. The van der Waals surface area contributed by atoms with E-state index in [0.29, 0.717) is 9.04 Å². The first kappa shape index (κ1) is 24.2. The summed E-state index contributed by atoms with van der Waals surface area (Å²) >= 11 is 1.73. The van der Waals surface area contributed by atoms with Gasteiger partial charge in [-0.25, -0.2) is 0 Å². The van der Waals surface area contributed by atoms with Crippen LogP contribution in [0, 0.1) is 0 Å². The Morgan fingerprint density at radius 2 is 1.63 bits per heavy atom. The first-order chi connectivity index (χ1) is 13.4. The molecule has 5 rings (SSSR count). The van der Waals surface area contributed by atoms with E-state index in [-0.39, 0.29) is 24.8 Å². The van der Waals surface area contributed by atoms with Crippen molar-refractivity contribution in [2.45, 2.75) is 60.7 Å². The van der Waals surface area contributed by atoms with E-state index in [1.165, 1.54) is 31.2 Å². The molecule has 3 atom stereocenters. The van der Waals surface area contributed by atoms with Crippen LogP contribution >= 0.6 is 0 Å². The van der Waals surface area contributed by atoms with Gasteiger partial charge < -0.3 is 24.8 Å². The number of allylic oxidation sites excluding steroid dienone is 2. The molecule has 2 aromatic carbocycles. The Morgan fingerprint density at radius 3 is 2.37 bits per heavy atom. The minimum absolute atomic E-state index is 0.